The van der Waals surface area contributed by atoms with Gasteiger partial charge in [0.15, 0.2) is 0 Å². The SMILES string of the molecule is O=C(C1CCN(CC(=O)N2c3ccccc3OCC2c2ccccc2)CC1)N1CCCCCC1. The van der Waals surface area contributed by atoms with Gasteiger partial charge in [-0.1, -0.05) is 55.3 Å². The summed E-state index contributed by atoms with van der Waals surface area (Å²) in [7, 11) is 0. The van der Waals surface area contributed by atoms with Crippen LogP contribution in [0.1, 0.15) is 50.1 Å². The number of likely N-dealkylation sites (tertiary alicyclic amines) is 2. The lowest BCUT2D eigenvalue weighted by atomic mass is 9.95. The minimum atomic E-state index is -0.147. The lowest BCUT2D eigenvalue weighted by molar-refractivity contribution is -0.137. The molecule has 6 nitrogen and oxygen atoms in total. The van der Waals surface area contributed by atoms with E-state index < -0.39 is 0 Å². The largest absolute Gasteiger partial charge is 0.489 e. The number of para-hydroxylation sites is 2. The second-order valence-electron chi connectivity index (χ2n) is 9.76. The van der Waals surface area contributed by atoms with Gasteiger partial charge in [0.2, 0.25) is 11.8 Å². The topological polar surface area (TPSA) is 53.1 Å². The van der Waals surface area contributed by atoms with Crippen LogP contribution in [0, 0.1) is 5.92 Å². The minimum absolute atomic E-state index is 0.0851. The molecule has 2 amide bonds. The fourth-order valence-electron chi connectivity index (χ4n) is 5.57. The molecule has 2 saturated heterocycles. The molecule has 3 aliphatic rings. The summed E-state index contributed by atoms with van der Waals surface area (Å²) in [6.45, 7) is 4.21. The van der Waals surface area contributed by atoms with E-state index in [9.17, 15) is 9.59 Å². The Morgan fingerprint density at radius 3 is 2.24 bits per heavy atom. The number of rotatable bonds is 4. The van der Waals surface area contributed by atoms with Crippen molar-refractivity contribution in [1.29, 1.82) is 0 Å². The van der Waals surface area contributed by atoms with Crippen LogP contribution < -0.4 is 9.64 Å². The van der Waals surface area contributed by atoms with Crippen LogP contribution in [0.5, 0.6) is 5.75 Å². The molecule has 1 unspecified atom stereocenters. The van der Waals surface area contributed by atoms with Gasteiger partial charge >= 0.3 is 0 Å². The van der Waals surface area contributed by atoms with E-state index in [0.717, 1.165) is 68.9 Å². The van der Waals surface area contributed by atoms with Gasteiger partial charge in [-0.15, -0.1) is 0 Å². The van der Waals surface area contributed by atoms with E-state index in [1.807, 2.05) is 47.4 Å². The Balaban J connectivity index is 1.24. The van der Waals surface area contributed by atoms with Crippen LogP contribution in [0.2, 0.25) is 0 Å². The van der Waals surface area contributed by atoms with Crippen molar-refractivity contribution >= 4 is 17.5 Å². The van der Waals surface area contributed by atoms with Gasteiger partial charge in [-0.05, 0) is 56.5 Å². The van der Waals surface area contributed by atoms with E-state index in [1.165, 1.54) is 12.8 Å². The predicted octanol–water partition coefficient (Wildman–Crippen LogP) is 4.27. The molecule has 3 aliphatic heterocycles. The number of carbonyl (C=O) groups is 2. The van der Waals surface area contributed by atoms with Crippen LogP contribution >= 0.6 is 0 Å². The number of hydrogen-bond acceptors (Lipinski definition) is 4. The van der Waals surface area contributed by atoms with Gasteiger partial charge in [0.1, 0.15) is 12.4 Å². The van der Waals surface area contributed by atoms with E-state index in [0.29, 0.717) is 19.1 Å². The molecular weight excluding hydrogens is 426 g/mol. The number of hydrogen-bond donors (Lipinski definition) is 0. The fraction of sp³-hybridized carbons (Fsp3) is 0.500. The summed E-state index contributed by atoms with van der Waals surface area (Å²) in [6.07, 6.45) is 6.40. The summed E-state index contributed by atoms with van der Waals surface area (Å²) in [6, 6.07) is 17.8. The van der Waals surface area contributed by atoms with Gasteiger partial charge < -0.3 is 9.64 Å². The maximum Gasteiger partial charge on any atom is 0.241 e. The zero-order chi connectivity index (χ0) is 23.3. The Morgan fingerprint density at radius 2 is 1.50 bits per heavy atom. The first-order chi connectivity index (χ1) is 16.7. The summed E-state index contributed by atoms with van der Waals surface area (Å²) in [4.78, 5) is 32.9. The molecule has 0 aromatic heterocycles. The lowest BCUT2D eigenvalue weighted by Gasteiger charge is -2.39. The molecule has 5 rings (SSSR count). The highest BCUT2D eigenvalue weighted by molar-refractivity contribution is 5.97. The zero-order valence-electron chi connectivity index (χ0n) is 19.9. The smallest absolute Gasteiger partial charge is 0.241 e. The van der Waals surface area contributed by atoms with Crippen molar-refractivity contribution in [1.82, 2.24) is 9.80 Å². The van der Waals surface area contributed by atoms with Gasteiger partial charge in [-0.2, -0.15) is 0 Å². The van der Waals surface area contributed by atoms with Crippen molar-refractivity contribution in [3.05, 3.63) is 60.2 Å². The molecule has 2 aromatic rings. The Kier molecular flexibility index (Phi) is 7.14. The van der Waals surface area contributed by atoms with E-state index in [4.69, 9.17) is 4.74 Å². The number of ether oxygens (including phenoxy) is 1. The Labute approximate surface area is 202 Å². The third-order valence-corrected chi connectivity index (χ3v) is 7.50. The summed E-state index contributed by atoms with van der Waals surface area (Å²) < 4.78 is 6.02. The maximum atomic E-state index is 13.7. The number of anilines is 1. The molecule has 3 heterocycles. The standard InChI is InChI=1S/C28H35N3O3/c32-27(20-29-18-14-23(15-19-29)28(33)30-16-8-1-2-9-17-30)31-24-12-6-7-13-26(24)34-21-25(31)22-10-4-3-5-11-22/h3-7,10-13,23,25H,1-2,8-9,14-21H2. The van der Waals surface area contributed by atoms with Gasteiger partial charge in [-0.3, -0.25) is 19.4 Å². The fourth-order valence-corrected chi connectivity index (χ4v) is 5.57. The highest BCUT2D eigenvalue weighted by Crippen LogP contribution is 2.39. The first kappa shape index (κ1) is 22.9. The number of carbonyl (C=O) groups excluding carboxylic acids is 2. The third-order valence-electron chi connectivity index (χ3n) is 7.50. The molecule has 0 aliphatic carbocycles. The predicted molar refractivity (Wildman–Crippen MR) is 133 cm³/mol. The highest BCUT2D eigenvalue weighted by Gasteiger charge is 2.35. The van der Waals surface area contributed by atoms with E-state index >= 15 is 0 Å². The molecular formula is C28H35N3O3. The summed E-state index contributed by atoms with van der Waals surface area (Å²) in [5, 5.41) is 0. The molecule has 0 radical (unpaired) electrons. The second-order valence-corrected chi connectivity index (χ2v) is 9.76. The zero-order valence-corrected chi connectivity index (χ0v) is 19.9. The first-order valence-corrected chi connectivity index (χ1v) is 12.8. The van der Waals surface area contributed by atoms with Crippen molar-refractivity contribution in [2.75, 3.05) is 44.2 Å². The number of benzene rings is 2. The van der Waals surface area contributed by atoms with Gasteiger partial charge in [0, 0.05) is 19.0 Å². The third kappa shape index (κ3) is 4.97. The van der Waals surface area contributed by atoms with Gasteiger partial charge in [0.05, 0.1) is 18.3 Å². The minimum Gasteiger partial charge on any atom is -0.489 e. The first-order valence-electron chi connectivity index (χ1n) is 12.8. The van der Waals surface area contributed by atoms with Crippen LogP contribution in [0.25, 0.3) is 0 Å². The monoisotopic (exact) mass is 461 g/mol. The van der Waals surface area contributed by atoms with E-state index in [2.05, 4.69) is 21.9 Å². The molecule has 1 atom stereocenters. The Hall–Kier alpha value is -2.86. The normalized spacial score (nSPS) is 21.9. The van der Waals surface area contributed by atoms with Crippen molar-refractivity contribution in [2.24, 2.45) is 5.92 Å². The molecule has 0 N–H and O–H groups in total. The molecule has 34 heavy (non-hydrogen) atoms. The van der Waals surface area contributed by atoms with Crippen LogP contribution in [-0.2, 0) is 9.59 Å². The van der Waals surface area contributed by atoms with Crippen LogP contribution in [-0.4, -0.2) is 60.9 Å². The summed E-state index contributed by atoms with van der Waals surface area (Å²) >= 11 is 0. The quantitative estimate of drug-likeness (QED) is 0.683. The number of amides is 2. The Morgan fingerprint density at radius 1 is 0.824 bits per heavy atom. The Bertz CT molecular complexity index is 979. The van der Waals surface area contributed by atoms with Crippen molar-refractivity contribution in [2.45, 2.75) is 44.6 Å². The van der Waals surface area contributed by atoms with Crippen molar-refractivity contribution in [3.8, 4) is 5.75 Å². The average Bonchev–Trinajstić information content (AvgIpc) is 3.18. The highest BCUT2D eigenvalue weighted by atomic mass is 16.5. The summed E-state index contributed by atoms with van der Waals surface area (Å²) in [5.41, 5.74) is 1.91. The number of piperidine rings is 1. The molecule has 0 bridgehead atoms. The molecule has 0 saturated carbocycles. The second kappa shape index (κ2) is 10.6. The van der Waals surface area contributed by atoms with Gasteiger partial charge in [0.25, 0.3) is 0 Å². The maximum absolute atomic E-state index is 13.7. The van der Waals surface area contributed by atoms with Crippen LogP contribution in [0.4, 0.5) is 5.69 Å². The van der Waals surface area contributed by atoms with Crippen LogP contribution in [0.15, 0.2) is 54.6 Å². The van der Waals surface area contributed by atoms with Crippen molar-refractivity contribution in [3.63, 3.8) is 0 Å². The molecule has 2 aromatic carbocycles. The lowest BCUT2D eigenvalue weighted by Crippen LogP contribution is -2.49. The summed E-state index contributed by atoms with van der Waals surface area (Å²) in [5.74, 6) is 1.27. The van der Waals surface area contributed by atoms with E-state index in [-0.39, 0.29) is 17.9 Å². The number of nitrogens with zero attached hydrogens (tertiary/aromatic N) is 3. The van der Waals surface area contributed by atoms with E-state index in [1.54, 1.807) is 0 Å². The molecule has 6 heteroatoms. The average molecular weight is 462 g/mol. The molecule has 0 spiro atoms. The molecule has 2 fully saturated rings. The number of fused-ring (bicyclic) bond motifs is 1. The van der Waals surface area contributed by atoms with Crippen molar-refractivity contribution < 1.29 is 14.3 Å². The van der Waals surface area contributed by atoms with Gasteiger partial charge in [-0.25, -0.2) is 0 Å². The molecule has 180 valence electrons. The van der Waals surface area contributed by atoms with Crippen LogP contribution in [0.3, 0.4) is 0 Å².